The van der Waals surface area contributed by atoms with Crippen molar-refractivity contribution >= 4 is 117 Å². The number of nitrogens with zero attached hydrogens (tertiary/aromatic N) is 6. The highest BCUT2D eigenvalue weighted by molar-refractivity contribution is 7.98. The second kappa shape index (κ2) is 43.8. The maximum absolute atomic E-state index is 14.5. The van der Waals surface area contributed by atoms with Gasteiger partial charge in [0, 0.05) is 119 Å². The van der Waals surface area contributed by atoms with Crippen LogP contribution in [0, 0.1) is 11.8 Å². The van der Waals surface area contributed by atoms with Crippen molar-refractivity contribution < 1.29 is 87.2 Å². The SMILES string of the molecule is CSCC[C@H](NC(=O)[C@H](CC(C)C)NC(=O)[C@H](Cc1cnc[nH]1)NC(=O)CNC(=O)[C@@H](NC(=O)[C@H](C)NC(=O)[C@H](Cc1c[nH]c2ccccc12)NC(=O)C(CCC(N)=O)NC(=O)c1ccc(N(C)C(=O)CNC(=O)CN2CCN(CC(=O)O)CCN(CC(=O)O)CCN(CC(=O)O)CC2)cc1)C(C)C)C(N)=O. The normalized spacial score (nSPS) is 15.4. The largest absolute Gasteiger partial charge is 0.480 e. The van der Waals surface area contributed by atoms with Gasteiger partial charge in [0.2, 0.25) is 65.0 Å². The molecular weight excluding hydrogens is 1410 g/mol. The number of imidazole rings is 1. The number of amides is 12. The number of benzene rings is 2. The molecule has 5 rings (SSSR count). The lowest BCUT2D eigenvalue weighted by Crippen LogP contribution is -2.59. The lowest BCUT2D eigenvalue weighted by molar-refractivity contribution is -0.140. The van der Waals surface area contributed by atoms with Crippen LogP contribution < -0.4 is 64.2 Å². The van der Waals surface area contributed by atoms with E-state index in [9.17, 15) is 87.2 Å². The summed E-state index contributed by atoms with van der Waals surface area (Å²) in [5, 5.41) is 52.8. The topological polar surface area (TPSA) is 538 Å². The Kier molecular flexibility index (Phi) is 35.6. The van der Waals surface area contributed by atoms with E-state index in [1.165, 1.54) is 67.4 Å². The summed E-state index contributed by atoms with van der Waals surface area (Å²) in [7, 11) is 1.42. The number of anilines is 1. The van der Waals surface area contributed by atoms with Crippen molar-refractivity contribution in [1.29, 1.82) is 0 Å². The maximum atomic E-state index is 14.5. The summed E-state index contributed by atoms with van der Waals surface area (Å²) in [4.78, 5) is 216. The number of rotatable bonds is 41. The fourth-order valence-corrected chi connectivity index (χ4v) is 11.9. The van der Waals surface area contributed by atoms with Crippen molar-refractivity contribution in [3.8, 4) is 0 Å². The third-order valence-electron chi connectivity index (χ3n) is 17.4. The minimum absolute atomic E-state index is 0.0124. The summed E-state index contributed by atoms with van der Waals surface area (Å²) in [6.07, 6.45) is 5.61. The van der Waals surface area contributed by atoms with E-state index in [-0.39, 0.29) is 128 Å². The van der Waals surface area contributed by atoms with E-state index in [2.05, 4.69) is 62.8 Å². The molecule has 1 aliphatic rings. The molecule has 1 aliphatic heterocycles. The van der Waals surface area contributed by atoms with E-state index in [0.29, 0.717) is 27.9 Å². The van der Waals surface area contributed by atoms with Crippen LogP contribution in [0.3, 0.4) is 0 Å². The van der Waals surface area contributed by atoms with E-state index >= 15 is 0 Å². The first kappa shape index (κ1) is 87.1. The first-order valence-electron chi connectivity index (χ1n) is 34.9. The number of aliphatic carboxylic acids is 3. The third kappa shape index (κ3) is 30.4. The van der Waals surface area contributed by atoms with E-state index in [1.807, 2.05) is 20.1 Å². The van der Waals surface area contributed by atoms with Crippen LogP contribution in [0.25, 0.3) is 10.9 Å². The molecule has 1 unspecified atom stereocenters. The summed E-state index contributed by atoms with van der Waals surface area (Å²) >= 11 is 1.45. The number of nitrogens with two attached hydrogens (primary N) is 2. The monoisotopic (exact) mass is 1520 g/mol. The Morgan fingerprint density at radius 1 is 0.561 bits per heavy atom. The molecule has 0 spiro atoms. The number of nitrogens with one attached hydrogen (secondary N) is 11. The van der Waals surface area contributed by atoms with Crippen LogP contribution in [0.2, 0.25) is 0 Å². The maximum Gasteiger partial charge on any atom is 0.317 e. The number of para-hydroxylation sites is 1. The molecule has 586 valence electrons. The molecule has 2 aromatic carbocycles. The molecule has 0 aliphatic carbocycles. The number of carbonyl (C=O) groups is 15. The quantitative estimate of drug-likeness (QED) is 0.0203. The van der Waals surface area contributed by atoms with Crippen LogP contribution in [0.4, 0.5) is 5.69 Å². The Balaban J connectivity index is 1.23. The zero-order valence-electron chi connectivity index (χ0n) is 61.1. The number of hydrogen-bond donors (Lipinski definition) is 16. The first-order valence-corrected chi connectivity index (χ1v) is 36.3. The Morgan fingerprint density at radius 3 is 1.63 bits per heavy atom. The van der Waals surface area contributed by atoms with Gasteiger partial charge < -0.3 is 89.5 Å². The van der Waals surface area contributed by atoms with Crippen LogP contribution in [0.15, 0.2) is 67.3 Å². The molecule has 1 fully saturated rings. The zero-order chi connectivity index (χ0) is 79.0. The average molecular weight is 1520 g/mol. The summed E-state index contributed by atoms with van der Waals surface area (Å²) in [5.41, 5.74) is 13.0. The number of fused-ring (bicyclic) bond motifs is 1. The van der Waals surface area contributed by atoms with Crippen molar-refractivity contribution in [3.63, 3.8) is 0 Å². The van der Waals surface area contributed by atoms with Gasteiger partial charge in [-0.2, -0.15) is 11.8 Å². The van der Waals surface area contributed by atoms with Gasteiger partial charge >= 0.3 is 17.9 Å². The number of H-pyrrole nitrogens is 2. The highest BCUT2D eigenvalue weighted by atomic mass is 32.2. The summed E-state index contributed by atoms with van der Waals surface area (Å²) in [5.74, 6) is -12.8. The van der Waals surface area contributed by atoms with E-state index in [0.717, 1.165) is 0 Å². The number of carbonyl (C=O) groups excluding carboxylic acids is 12. The zero-order valence-corrected chi connectivity index (χ0v) is 61.9. The van der Waals surface area contributed by atoms with Crippen LogP contribution in [-0.4, -0.2) is 292 Å². The lowest BCUT2D eigenvalue weighted by atomic mass is 10.0. The molecule has 18 N–H and O–H groups in total. The second-order valence-electron chi connectivity index (χ2n) is 26.7. The Morgan fingerprint density at radius 2 is 1.09 bits per heavy atom. The lowest BCUT2D eigenvalue weighted by Gasteiger charge is -2.32. The molecule has 0 bridgehead atoms. The van der Waals surface area contributed by atoms with Crippen LogP contribution in [0.5, 0.6) is 0 Å². The molecule has 3 heterocycles. The van der Waals surface area contributed by atoms with Gasteiger partial charge in [-0.3, -0.25) is 91.5 Å². The summed E-state index contributed by atoms with van der Waals surface area (Å²) < 4.78 is 0. The van der Waals surface area contributed by atoms with Gasteiger partial charge in [-0.15, -0.1) is 0 Å². The molecule has 38 heteroatoms. The smallest absolute Gasteiger partial charge is 0.317 e. The van der Waals surface area contributed by atoms with Gasteiger partial charge in [0.15, 0.2) is 0 Å². The fourth-order valence-electron chi connectivity index (χ4n) is 11.4. The number of likely N-dealkylation sites (N-methyl/N-ethyl adjacent to an activating group) is 1. The molecule has 0 radical (unpaired) electrons. The predicted octanol–water partition coefficient (Wildman–Crippen LogP) is -3.72. The molecular formula is C69H101N19O18S. The fraction of sp³-hybridized carbons (Fsp3) is 0.536. The third-order valence-corrected chi connectivity index (χ3v) is 18.0. The number of primary amides is 2. The van der Waals surface area contributed by atoms with Crippen molar-refractivity contribution in [2.75, 3.05) is 116 Å². The number of aromatic nitrogens is 3. The summed E-state index contributed by atoms with van der Waals surface area (Å²) in [6, 6.07) is 3.51. The number of carboxylic acids is 3. The van der Waals surface area contributed by atoms with Gasteiger partial charge in [-0.05, 0) is 85.9 Å². The van der Waals surface area contributed by atoms with Gasteiger partial charge in [-0.25, -0.2) is 4.98 Å². The Bertz CT molecular complexity index is 3700. The standard InChI is InChI=1S/C69H101N19O18S/c1-40(2)28-51(67(104)79-49(62(71)99)18-27-107-7)81-68(105)53(30-45-32-72-39-76-45)78-55(90)33-75-69(106)61(41(3)4)83-63(100)42(5)77-66(103)52(29-44-31-73-48-11-9-8-10-47(44)48)82-65(102)50(16-17-54(70)89)80-64(101)43-12-14-46(15-13-43)84(6)57(92)34-74-56(91)35-85-19-21-86(36-58(93)94)23-25-88(38-60(97)98)26-24-87(22-20-85)37-59(95)96/h8-15,31-32,39-42,49-53,61,73H,16-30,33-38H2,1-7H3,(H2,70,89)(H2,71,99)(H,72,76)(H,74,91)(H,75,106)(H,77,103)(H,78,90)(H,79,104)(H,80,101)(H,81,105)(H,82,102)(H,83,100)(H,93,94)(H,95,96)(H,97,98)/t42-,49-,50?,51-,52-,53-,61-/m0/s1. The first-order chi connectivity index (χ1) is 50.7. The molecule has 0 saturated carbocycles. The number of carboxylic acid groups (broad SMARTS) is 3. The minimum Gasteiger partial charge on any atom is -0.480 e. The molecule has 12 amide bonds. The van der Waals surface area contributed by atoms with Crippen molar-refractivity contribution in [2.24, 2.45) is 23.3 Å². The predicted molar refractivity (Wildman–Crippen MR) is 392 cm³/mol. The van der Waals surface area contributed by atoms with Crippen molar-refractivity contribution in [3.05, 3.63) is 84.1 Å². The van der Waals surface area contributed by atoms with Crippen LogP contribution in [-0.2, 0) is 80.0 Å². The van der Waals surface area contributed by atoms with Crippen molar-refractivity contribution in [1.82, 2.24) is 82.4 Å². The van der Waals surface area contributed by atoms with E-state index in [4.69, 9.17) is 11.5 Å². The summed E-state index contributed by atoms with van der Waals surface area (Å²) in [6.45, 7) is 7.07. The average Bonchev–Trinajstić information content (AvgIpc) is 1.66. The second-order valence-corrected chi connectivity index (χ2v) is 27.7. The highest BCUT2D eigenvalue weighted by Crippen LogP contribution is 2.21. The molecule has 107 heavy (non-hydrogen) atoms. The van der Waals surface area contributed by atoms with Crippen LogP contribution in [0.1, 0.15) is 81.9 Å². The molecule has 4 aromatic rings. The number of hydrogen-bond acceptors (Lipinski definition) is 21. The Hall–Kier alpha value is -10.6. The van der Waals surface area contributed by atoms with Gasteiger partial charge in [0.05, 0.1) is 45.6 Å². The van der Waals surface area contributed by atoms with E-state index < -0.39 is 157 Å². The van der Waals surface area contributed by atoms with E-state index in [1.54, 1.807) is 63.9 Å². The van der Waals surface area contributed by atoms with Gasteiger partial charge in [0.1, 0.15) is 42.3 Å². The molecule has 2 aromatic heterocycles. The molecule has 1 saturated heterocycles. The van der Waals surface area contributed by atoms with Crippen molar-refractivity contribution in [2.45, 2.75) is 115 Å². The number of thioether (sulfide) groups is 1. The van der Waals surface area contributed by atoms with Crippen LogP contribution >= 0.6 is 11.8 Å². The van der Waals surface area contributed by atoms with Gasteiger partial charge in [-0.1, -0.05) is 45.9 Å². The molecule has 7 atom stereocenters. The Labute approximate surface area is 622 Å². The minimum atomic E-state index is -1.50. The number of aromatic amines is 2. The molecule has 37 nitrogen and oxygen atoms in total. The highest BCUT2D eigenvalue weighted by Gasteiger charge is 2.35. The van der Waals surface area contributed by atoms with Gasteiger partial charge in [0.25, 0.3) is 5.91 Å².